The number of ether oxygens (including phenoxy) is 2. The summed E-state index contributed by atoms with van der Waals surface area (Å²) in [6, 6.07) is 11.3. The van der Waals surface area contributed by atoms with Crippen LogP contribution >= 0.6 is 0 Å². The first-order valence-electron chi connectivity index (χ1n) is 8.35. The van der Waals surface area contributed by atoms with Crippen LogP contribution in [0.25, 0.3) is 0 Å². The molecule has 1 N–H and O–H groups in total. The van der Waals surface area contributed by atoms with Gasteiger partial charge in [0.05, 0.1) is 6.42 Å². The Morgan fingerprint density at radius 3 is 2.72 bits per heavy atom. The molecule has 0 saturated heterocycles. The molecule has 1 aliphatic rings. The van der Waals surface area contributed by atoms with E-state index in [2.05, 4.69) is 0 Å². The first kappa shape index (κ1) is 17.1. The fraction of sp³-hybridized carbons (Fsp3) is 0.286. The lowest BCUT2D eigenvalue weighted by atomic mass is 9.94. The van der Waals surface area contributed by atoms with Crippen molar-refractivity contribution in [3.05, 3.63) is 64.7 Å². The molecular weight excluding hydrogens is 316 g/mol. The number of phenolic OH excluding ortho intramolecular Hbond substituents is 1. The Kier molecular flexibility index (Phi) is 4.79. The van der Waals surface area contributed by atoms with E-state index < -0.39 is 0 Å². The number of rotatable bonds is 4. The Bertz CT molecular complexity index is 818. The van der Waals surface area contributed by atoms with Crippen molar-refractivity contribution in [2.45, 2.75) is 33.3 Å². The van der Waals surface area contributed by atoms with Crippen molar-refractivity contribution in [2.75, 3.05) is 6.61 Å². The van der Waals surface area contributed by atoms with E-state index in [9.17, 15) is 9.90 Å². The molecule has 0 aliphatic carbocycles. The Balaban J connectivity index is 1.94. The van der Waals surface area contributed by atoms with E-state index in [-0.39, 0.29) is 29.6 Å². The van der Waals surface area contributed by atoms with Crippen molar-refractivity contribution in [1.29, 1.82) is 0 Å². The number of carbonyl (C=O) groups excluding carboxylic acids is 1. The second-order valence-corrected chi connectivity index (χ2v) is 6.46. The lowest BCUT2D eigenvalue weighted by molar-refractivity contribution is 0.0844. The van der Waals surface area contributed by atoms with E-state index in [1.54, 1.807) is 13.0 Å². The molecule has 4 nitrogen and oxygen atoms in total. The van der Waals surface area contributed by atoms with Crippen molar-refractivity contribution in [1.82, 2.24) is 0 Å². The first-order chi connectivity index (χ1) is 12.0. The van der Waals surface area contributed by atoms with Crippen LogP contribution in [0.3, 0.4) is 0 Å². The molecule has 2 aromatic rings. The van der Waals surface area contributed by atoms with Gasteiger partial charge in [0.2, 0.25) is 0 Å². The molecule has 1 atom stereocenters. The second kappa shape index (κ2) is 7.01. The molecule has 3 rings (SSSR count). The van der Waals surface area contributed by atoms with E-state index in [0.717, 1.165) is 11.1 Å². The molecule has 0 bridgehead atoms. The van der Waals surface area contributed by atoms with Crippen LogP contribution in [-0.2, 0) is 0 Å². The number of fused-ring (bicyclic) bond motifs is 1. The van der Waals surface area contributed by atoms with Gasteiger partial charge in [-0.2, -0.15) is 0 Å². The molecule has 1 heterocycles. The van der Waals surface area contributed by atoms with Crippen LogP contribution in [0.1, 0.15) is 47.9 Å². The molecule has 1 unspecified atom stereocenters. The Morgan fingerprint density at radius 1 is 1.32 bits per heavy atom. The van der Waals surface area contributed by atoms with Crippen LogP contribution in [0, 0.1) is 6.92 Å². The van der Waals surface area contributed by atoms with Gasteiger partial charge in [0.1, 0.15) is 35.5 Å². The topological polar surface area (TPSA) is 55.8 Å². The van der Waals surface area contributed by atoms with Crippen LogP contribution in [0.5, 0.6) is 17.2 Å². The molecule has 130 valence electrons. The fourth-order valence-electron chi connectivity index (χ4n) is 2.85. The third-order valence-corrected chi connectivity index (χ3v) is 4.29. The van der Waals surface area contributed by atoms with Crippen molar-refractivity contribution >= 4 is 5.78 Å². The third kappa shape index (κ3) is 3.53. The van der Waals surface area contributed by atoms with Gasteiger partial charge >= 0.3 is 0 Å². The minimum absolute atomic E-state index is 0.0544. The van der Waals surface area contributed by atoms with Gasteiger partial charge in [-0.25, -0.2) is 0 Å². The number of allylic oxidation sites excluding steroid dienone is 1. The number of aromatic hydroxyl groups is 1. The van der Waals surface area contributed by atoms with Gasteiger partial charge in [0.15, 0.2) is 5.78 Å². The molecule has 0 spiro atoms. The van der Waals surface area contributed by atoms with Crippen molar-refractivity contribution in [2.24, 2.45) is 0 Å². The molecule has 0 fully saturated rings. The minimum Gasteiger partial charge on any atom is -0.507 e. The summed E-state index contributed by atoms with van der Waals surface area (Å²) in [5, 5.41) is 10.5. The van der Waals surface area contributed by atoms with Crippen LogP contribution in [0.2, 0.25) is 0 Å². The van der Waals surface area contributed by atoms with E-state index in [4.69, 9.17) is 9.47 Å². The fourth-order valence-corrected chi connectivity index (χ4v) is 2.85. The standard InChI is InChI=1S/C21H22O4/c1-13(2)9-10-24-17-12-19-20(21(23)14(17)3)16(22)11-18(25-19)15-7-5-4-6-8-15/h4-9,12,18,23H,10-11H2,1-3H3. The first-order valence-corrected chi connectivity index (χ1v) is 8.35. The maximum absolute atomic E-state index is 12.6. The second-order valence-electron chi connectivity index (χ2n) is 6.46. The number of ketones is 1. The van der Waals surface area contributed by atoms with Gasteiger partial charge in [-0.3, -0.25) is 4.79 Å². The largest absolute Gasteiger partial charge is 0.507 e. The minimum atomic E-state index is -0.353. The summed E-state index contributed by atoms with van der Waals surface area (Å²) in [6.45, 7) is 6.13. The van der Waals surface area contributed by atoms with Crippen LogP contribution < -0.4 is 9.47 Å². The molecule has 0 amide bonds. The van der Waals surface area contributed by atoms with Crippen molar-refractivity contribution < 1.29 is 19.4 Å². The zero-order valence-corrected chi connectivity index (χ0v) is 14.7. The maximum atomic E-state index is 12.6. The van der Waals surface area contributed by atoms with E-state index >= 15 is 0 Å². The summed E-state index contributed by atoms with van der Waals surface area (Å²) in [6.07, 6.45) is 1.81. The van der Waals surface area contributed by atoms with E-state index in [0.29, 0.717) is 23.7 Å². The lowest BCUT2D eigenvalue weighted by Crippen LogP contribution is -2.21. The Hall–Kier alpha value is -2.75. The summed E-state index contributed by atoms with van der Waals surface area (Å²) in [5.41, 5.74) is 2.89. The Morgan fingerprint density at radius 2 is 2.04 bits per heavy atom. The predicted octanol–water partition coefficient (Wildman–Crippen LogP) is 4.75. The number of Topliss-reactive ketones (excluding diaryl/α,β-unsaturated/α-hetero) is 1. The molecule has 0 saturated carbocycles. The highest BCUT2D eigenvalue weighted by Crippen LogP contribution is 2.44. The van der Waals surface area contributed by atoms with Gasteiger partial charge in [0.25, 0.3) is 0 Å². The third-order valence-electron chi connectivity index (χ3n) is 4.29. The highest BCUT2D eigenvalue weighted by atomic mass is 16.5. The van der Waals surface area contributed by atoms with E-state index in [1.165, 1.54) is 0 Å². The quantitative estimate of drug-likeness (QED) is 0.817. The molecule has 4 heteroatoms. The number of hydrogen-bond donors (Lipinski definition) is 1. The molecule has 0 radical (unpaired) electrons. The monoisotopic (exact) mass is 338 g/mol. The highest BCUT2D eigenvalue weighted by Gasteiger charge is 2.32. The van der Waals surface area contributed by atoms with Crippen LogP contribution in [0.15, 0.2) is 48.0 Å². The number of hydrogen-bond acceptors (Lipinski definition) is 4. The van der Waals surface area contributed by atoms with Gasteiger partial charge in [0, 0.05) is 11.6 Å². The van der Waals surface area contributed by atoms with Crippen LogP contribution in [-0.4, -0.2) is 17.5 Å². The molecule has 25 heavy (non-hydrogen) atoms. The SMILES string of the molecule is CC(C)=CCOc1cc2c(c(O)c1C)C(=O)CC(c1ccccc1)O2. The van der Waals surface area contributed by atoms with Gasteiger partial charge in [-0.1, -0.05) is 35.9 Å². The molecule has 1 aliphatic heterocycles. The number of carbonyl (C=O) groups is 1. The molecule has 2 aromatic carbocycles. The van der Waals surface area contributed by atoms with E-state index in [1.807, 2.05) is 50.3 Å². The van der Waals surface area contributed by atoms with Crippen molar-refractivity contribution in [3.8, 4) is 17.2 Å². The summed E-state index contributed by atoms with van der Waals surface area (Å²) in [7, 11) is 0. The maximum Gasteiger partial charge on any atom is 0.174 e. The molecular formula is C21H22O4. The highest BCUT2D eigenvalue weighted by molar-refractivity contribution is 6.03. The zero-order chi connectivity index (χ0) is 18.0. The summed E-state index contributed by atoms with van der Waals surface area (Å²) < 4.78 is 11.8. The van der Waals surface area contributed by atoms with Crippen molar-refractivity contribution in [3.63, 3.8) is 0 Å². The zero-order valence-electron chi connectivity index (χ0n) is 14.7. The van der Waals surface area contributed by atoms with Crippen LogP contribution in [0.4, 0.5) is 0 Å². The average molecular weight is 338 g/mol. The Labute approximate surface area is 147 Å². The summed E-state index contributed by atoms with van der Waals surface area (Å²) >= 11 is 0. The normalized spacial score (nSPS) is 16.0. The smallest absolute Gasteiger partial charge is 0.174 e. The van der Waals surface area contributed by atoms with Gasteiger partial charge in [-0.05, 0) is 32.4 Å². The average Bonchev–Trinajstić information content (AvgIpc) is 2.59. The summed E-state index contributed by atoms with van der Waals surface area (Å²) in [4.78, 5) is 12.6. The summed E-state index contributed by atoms with van der Waals surface area (Å²) in [5.74, 6) is 0.725. The van der Waals surface area contributed by atoms with Gasteiger partial charge < -0.3 is 14.6 Å². The molecule has 0 aromatic heterocycles. The lowest BCUT2D eigenvalue weighted by Gasteiger charge is -2.27. The number of benzene rings is 2. The van der Waals surface area contributed by atoms with Gasteiger partial charge in [-0.15, -0.1) is 0 Å². The predicted molar refractivity (Wildman–Crippen MR) is 96.5 cm³/mol. The number of phenols is 1.